The molecule has 2 atom stereocenters. The highest BCUT2D eigenvalue weighted by Gasteiger charge is 2.27. The Morgan fingerprint density at radius 1 is 1.41 bits per heavy atom. The summed E-state index contributed by atoms with van der Waals surface area (Å²) in [6.07, 6.45) is 3.51. The molecule has 0 spiro atoms. The van der Waals surface area contributed by atoms with E-state index in [1.54, 1.807) is 0 Å². The van der Waals surface area contributed by atoms with E-state index in [4.69, 9.17) is 4.74 Å². The number of nitrogens with zero attached hydrogens (tertiary/aromatic N) is 1. The van der Waals surface area contributed by atoms with Crippen LogP contribution in [0.1, 0.15) is 26.2 Å². The van der Waals surface area contributed by atoms with Crippen molar-refractivity contribution in [1.29, 1.82) is 0 Å². The molecule has 2 fully saturated rings. The Hall–Kier alpha value is -0.420. The number of morpholine rings is 1. The van der Waals surface area contributed by atoms with E-state index in [1.165, 1.54) is 12.2 Å². The zero-order valence-electron chi connectivity index (χ0n) is 10.5. The minimum atomic E-state index is 0.0976. The minimum absolute atomic E-state index is 0.0976. The van der Waals surface area contributed by atoms with Gasteiger partial charge in [-0.3, -0.25) is 0 Å². The highest BCUT2D eigenvalue weighted by Crippen LogP contribution is 2.29. The lowest BCUT2D eigenvalue weighted by Crippen LogP contribution is -2.48. The van der Waals surface area contributed by atoms with E-state index in [-0.39, 0.29) is 6.03 Å². The molecular formula is C12H22N2O2S. The van der Waals surface area contributed by atoms with Gasteiger partial charge in [0, 0.05) is 24.4 Å². The highest BCUT2D eigenvalue weighted by atomic mass is 32.2. The number of carbonyl (C=O) groups excluding carboxylic acids is 1. The van der Waals surface area contributed by atoms with Crippen LogP contribution in [0.4, 0.5) is 4.79 Å². The van der Waals surface area contributed by atoms with E-state index in [0.29, 0.717) is 19.3 Å². The maximum atomic E-state index is 12.0. The van der Waals surface area contributed by atoms with Crippen LogP contribution in [0.3, 0.4) is 0 Å². The minimum Gasteiger partial charge on any atom is -0.378 e. The van der Waals surface area contributed by atoms with Gasteiger partial charge >= 0.3 is 6.03 Å². The molecule has 1 saturated heterocycles. The number of carbonyl (C=O) groups is 1. The molecule has 0 aromatic heterocycles. The van der Waals surface area contributed by atoms with Gasteiger partial charge < -0.3 is 15.0 Å². The van der Waals surface area contributed by atoms with Crippen molar-refractivity contribution < 1.29 is 9.53 Å². The van der Waals surface area contributed by atoms with Crippen LogP contribution in [-0.4, -0.2) is 54.3 Å². The molecule has 17 heavy (non-hydrogen) atoms. The predicted molar refractivity (Wildman–Crippen MR) is 70.5 cm³/mol. The van der Waals surface area contributed by atoms with E-state index in [0.717, 1.165) is 31.2 Å². The smallest absolute Gasteiger partial charge is 0.317 e. The summed E-state index contributed by atoms with van der Waals surface area (Å²) in [5.74, 6) is 1.18. The molecular weight excluding hydrogens is 236 g/mol. The molecule has 2 aliphatic rings. The lowest BCUT2D eigenvalue weighted by molar-refractivity contribution is 0.0525. The van der Waals surface area contributed by atoms with E-state index in [1.807, 2.05) is 16.7 Å². The highest BCUT2D eigenvalue weighted by molar-refractivity contribution is 7.99. The molecule has 2 amide bonds. The van der Waals surface area contributed by atoms with Gasteiger partial charge in [-0.15, -0.1) is 0 Å². The third kappa shape index (κ3) is 3.78. The average molecular weight is 258 g/mol. The van der Waals surface area contributed by atoms with Crippen molar-refractivity contribution >= 4 is 17.8 Å². The zero-order chi connectivity index (χ0) is 12.1. The number of ether oxygens (including phenoxy) is 1. The Kier molecular flexibility index (Phi) is 4.98. The quantitative estimate of drug-likeness (QED) is 0.838. The van der Waals surface area contributed by atoms with Crippen molar-refractivity contribution in [3.05, 3.63) is 0 Å². The SMILES string of the molecule is CCSC1CCC(NC(=O)N2CCOCC2)C1. The molecule has 2 rings (SSSR count). The molecule has 1 aliphatic carbocycles. The second-order valence-electron chi connectivity index (χ2n) is 4.64. The van der Waals surface area contributed by atoms with Crippen LogP contribution in [0.5, 0.6) is 0 Å². The van der Waals surface area contributed by atoms with E-state index in [2.05, 4.69) is 12.2 Å². The summed E-state index contributed by atoms with van der Waals surface area (Å²) in [7, 11) is 0. The van der Waals surface area contributed by atoms with Crippen LogP contribution in [0.2, 0.25) is 0 Å². The number of urea groups is 1. The summed E-state index contributed by atoms with van der Waals surface area (Å²) in [6, 6.07) is 0.481. The van der Waals surface area contributed by atoms with Gasteiger partial charge in [0.05, 0.1) is 13.2 Å². The summed E-state index contributed by atoms with van der Waals surface area (Å²) >= 11 is 2.02. The topological polar surface area (TPSA) is 41.6 Å². The van der Waals surface area contributed by atoms with Gasteiger partial charge in [0.25, 0.3) is 0 Å². The fourth-order valence-electron chi connectivity index (χ4n) is 2.49. The lowest BCUT2D eigenvalue weighted by atomic mass is 10.2. The Labute approximate surface area is 107 Å². The molecule has 5 heteroatoms. The van der Waals surface area contributed by atoms with Crippen LogP contribution < -0.4 is 5.32 Å². The lowest BCUT2D eigenvalue weighted by Gasteiger charge is -2.28. The van der Waals surface area contributed by atoms with Crippen molar-refractivity contribution in [2.24, 2.45) is 0 Å². The molecule has 2 unspecified atom stereocenters. The van der Waals surface area contributed by atoms with Gasteiger partial charge in [-0.1, -0.05) is 6.92 Å². The van der Waals surface area contributed by atoms with Gasteiger partial charge in [-0.25, -0.2) is 4.79 Å². The molecule has 4 nitrogen and oxygen atoms in total. The first-order valence-corrected chi connectivity index (χ1v) is 7.59. The van der Waals surface area contributed by atoms with Crippen molar-refractivity contribution in [3.8, 4) is 0 Å². The summed E-state index contributed by atoms with van der Waals surface area (Å²) < 4.78 is 5.24. The Balaban J connectivity index is 1.71. The third-order valence-electron chi connectivity index (χ3n) is 3.41. The number of nitrogens with one attached hydrogen (secondary N) is 1. The summed E-state index contributed by atoms with van der Waals surface area (Å²) in [4.78, 5) is 13.8. The molecule has 1 heterocycles. The standard InChI is InChI=1S/C12H22N2O2S/c1-2-17-11-4-3-10(9-11)13-12(15)14-5-7-16-8-6-14/h10-11H,2-9H2,1H3,(H,13,15). The van der Waals surface area contributed by atoms with Crippen LogP contribution in [-0.2, 0) is 4.74 Å². The normalized spacial score (nSPS) is 29.4. The van der Waals surface area contributed by atoms with Crippen LogP contribution in [0.15, 0.2) is 0 Å². The first-order valence-electron chi connectivity index (χ1n) is 6.54. The summed E-state index contributed by atoms with van der Waals surface area (Å²) in [6.45, 7) is 5.00. The molecule has 1 N–H and O–H groups in total. The van der Waals surface area contributed by atoms with E-state index >= 15 is 0 Å². The van der Waals surface area contributed by atoms with E-state index < -0.39 is 0 Å². The number of amides is 2. The van der Waals surface area contributed by atoms with Gasteiger partial charge in [-0.2, -0.15) is 11.8 Å². The molecule has 0 aromatic carbocycles. The van der Waals surface area contributed by atoms with Gasteiger partial charge in [0.2, 0.25) is 0 Å². The number of hydrogen-bond acceptors (Lipinski definition) is 3. The van der Waals surface area contributed by atoms with Crippen LogP contribution >= 0.6 is 11.8 Å². The van der Waals surface area contributed by atoms with Crippen LogP contribution in [0.25, 0.3) is 0 Å². The zero-order valence-corrected chi connectivity index (χ0v) is 11.3. The van der Waals surface area contributed by atoms with Crippen molar-refractivity contribution in [1.82, 2.24) is 10.2 Å². The van der Waals surface area contributed by atoms with Gasteiger partial charge in [-0.05, 0) is 25.0 Å². The van der Waals surface area contributed by atoms with Gasteiger partial charge in [0.15, 0.2) is 0 Å². The summed E-state index contributed by atoms with van der Waals surface area (Å²) in [5.41, 5.74) is 0. The maximum Gasteiger partial charge on any atom is 0.317 e. The fourth-order valence-corrected chi connectivity index (χ4v) is 3.63. The number of rotatable bonds is 3. The Bertz CT molecular complexity index is 257. The number of hydrogen-bond donors (Lipinski definition) is 1. The second-order valence-corrected chi connectivity index (χ2v) is 6.21. The molecule has 1 saturated carbocycles. The Morgan fingerprint density at radius 3 is 2.88 bits per heavy atom. The maximum absolute atomic E-state index is 12.0. The van der Waals surface area contributed by atoms with Gasteiger partial charge in [0.1, 0.15) is 0 Å². The predicted octanol–water partition coefficient (Wildman–Crippen LogP) is 1.70. The fraction of sp³-hybridized carbons (Fsp3) is 0.917. The van der Waals surface area contributed by atoms with E-state index in [9.17, 15) is 4.79 Å². The first-order chi connectivity index (χ1) is 8.29. The summed E-state index contributed by atoms with van der Waals surface area (Å²) in [5, 5.41) is 3.90. The van der Waals surface area contributed by atoms with Crippen molar-refractivity contribution in [2.75, 3.05) is 32.1 Å². The largest absolute Gasteiger partial charge is 0.378 e. The number of thioether (sulfide) groups is 1. The van der Waals surface area contributed by atoms with Crippen molar-refractivity contribution in [2.45, 2.75) is 37.5 Å². The molecule has 0 radical (unpaired) electrons. The molecule has 0 bridgehead atoms. The third-order valence-corrected chi connectivity index (χ3v) is 4.65. The van der Waals surface area contributed by atoms with Crippen LogP contribution in [0, 0.1) is 0 Å². The molecule has 0 aromatic rings. The first kappa shape index (κ1) is 13.0. The molecule has 1 aliphatic heterocycles. The van der Waals surface area contributed by atoms with Crippen molar-refractivity contribution in [3.63, 3.8) is 0 Å². The monoisotopic (exact) mass is 258 g/mol. The second kappa shape index (κ2) is 6.50. The molecule has 98 valence electrons. The average Bonchev–Trinajstić information content (AvgIpc) is 2.78. The Morgan fingerprint density at radius 2 is 2.18 bits per heavy atom.